The van der Waals surface area contributed by atoms with Gasteiger partial charge >= 0.3 is 0 Å². The van der Waals surface area contributed by atoms with Gasteiger partial charge in [-0.05, 0) is 12.1 Å². The van der Waals surface area contributed by atoms with Crippen LogP contribution in [0.4, 0.5) is 11.5 Å². The number of aromatic nitrogens is 3. The molecule has 3 aromatic heterocycles. The van der Waals surface area contributed by atoms with E-state index in [2.05, 4.69) is 15.3 Å². The smallest absolute Gasteiger partial charge is 0.203 e. The number of methoxy groups -OCH3 is 3. The molecule has 3 heterocycles. The van der Waals surface area contributed by atoms with E-state index in [4.69, 9.17) is 18.6 Å². The number of nitrogens with zero attached hydrogens (tertiary/aromatic N) is 3. The van der Waals surface area contributed by atoms with Crippen LogP contribution in [0.3, 0.4) is 0 Å². The molecule has 1 aromatic carbocycles. The molecule has 0 fully saturated rings. The number of hydrogen-bond acceptors (Lipinski definition) is 7. The molecule has 0 saturated carbocycles. The van der Waals surface area contributed by atoms with Crippen molar-refractivity contribution >= 4 is 22.5 Å². The number of imidazole rings is 1. The molecule has 8 heteroatoms. The van der Waals surface area contributed by atoms with Gasteiger partial charge in [0.1, 0.15) is 11.3 Å². The number of hydrogen-bond donors (Lipinski definition) is 1. The van der Waals surface area contributed by atoms with Crippen LogP contribution in [0.15, 0.2) is 47.2 Å². The summed E-state index contributed by atoms with van der Waals surface area (Å²) in [5, 5.41) is 3.28. The Balaban J connectivity index is 1.71. The third kappa shape index (κ3) is 2.98. The van der Waals surface area contributed by atoms with Crippen LogP contribution < -0.4 is 19.5 Å². The molecule has 1 N–H and O–H groups in total. The number of aryl methyl sites for hydroxylation is 1. The van der Waals surface area contributed by atoms with Gasteiger partial charge in [0.25, 0.3) is 0 Å². The highest BCUT2D eigenvalue weighted by atomic mass is 16.5. The fraction of sp³-hybridized carbons (Fsp3) is 0.200. The Hall–Kier alpha value is -3.68. The Morgan fingerprint density at radius 2 is 1.79 bits per heavy atom. The number of anilines is 2. The van der Waals surface area contributed by atoms with Crippen molar-refractivity contribution in [1.29, 1.82) is 0 Å². The number of benzene rings is 1. The minimum absolute atomic E-state index is 0.536. The van der Waals surface area contributed by atoms with Crippen LogP contribution in [-0.2, 0) is 7.05 Å². The molecule has 0 aliphatic heterocycles. The van der Waals surface area contributed by atoms with Gasteiger partial charge in [-0.25, -0.2) is 9.97 Å². The van der Waals surface area contributed by atoms with Crippen molar-refractivity contribution < 1.29 is 18.6 Å². The summed E-state index contributed by atoms with van der Waals surface area (Å²) in [5.74, 6) is 3.77. The molecule has 0 unspecified atom stereocenters. The first-order valence-electron chi connectivity index (χ1n) is 8.58. The Labute approximate surface area is 161 Å². The van der Waals surface area contributed by atoms with Gasteiger partial charge in [0.05, 0.1) is 39.3 Å². The molecule has 0 saturated heterocycles. The third-order valence-corrected chi connectivity index (χ3v) is 4.45. The molecule has 8 nitrogen and oxygen atoms in total. The van der Waals surface area contributed by atoms with E-state index in [1.54, 1.807) is 33.8 Å². The minimum Gasteiger partial charge on any atom is -0.493 e. The lowest BCUT2D eigenvalue weighted by atomic mass is 10.2. The summed E-state index contributed by atoms with van der Waals surface area (Å²) in [6, 6.07) is 9.29. The SMILES string of the molecule is COc1cc(Nc2cc3c(cn2)nc(-c2ccco2)n3C)cc(OC)c1OC. The number of fused-ring (bicyclic) bond motifs is 1. The van der Waals surface area contributed by atoms with E-state index in [0.29, 0.717) is 28.8 Å². The topological polar surface area (TPSA) is 83.6 Å². The highest BCUT2D eigenvalue weighted by Crippen LogP contribution is 2.40. The highest BCUT2D eigenvalue weighted by molar-refractivity contribution is 5.82. The Morgan fingerprint density at radius 3 is 2.39 bits per heavy atom. The fourth-order valence-electron chi connectivity index (χ4n) is 3.09. The summed E-state index contributed by atoms with van der Waals surface area (Å²) in [6.07, 6.45) is 3.35. The Bertz CT molecular complexity index is 1090. The molecular formula is C20H20N4O4. The Kier molecular flexibility index (Phi) is 4.52. The number of furan rings is 1. The van der Waals surface area contributed by atoms with Crippen LogP contribution in [0.1, 0.15) is 0 Å². The minimum atomic E-state index is 0.536. The van der Waals surface area contributed by atoms with Crippen molar-refractivity contribution in [2.24, 2.45) is 7.05 Å². The van der Waals surface area contributed by atoms with E-state index in [0.717, 1.165) is 22.5 Å². The van der Waals surface area contributed by atoms with Gasteiger partial charge in [0.2, 0.25) is 5.75 Å². The molecule has 0 aliphatic rings. The first-order chi connectivity index (χ1) is 13.6. The summed E-state index contributed by atoms with van der Waals surface area (Å²) in [6.45, 7) is 0. The van der Waals surface area contributed by atoms with Crippen LogP contribution in [-0.4, -0.2) is 35.9 Å². The zero-order valence-corrected chi connectivity index (χ0v) is 16.0. The summed E-state index contributed by atoms with van der Waals surface area (Å²) < 4.78 is 23.6. The normalized spacial score (nSPS) is 10.9. The lowest BCUT2D eigenvalue weighted by Gasteiger charge is -2.15. The lowest BCUT2D eigenvalue weighted by Crippen LogP contribution is -1.99. The monoisotopic (exact) mass is 380 g/mol. The van der Waals surface area contributed by atoms with E-state index in [-0.39, 0.29) is 0 Å². The summed E-state index contributed by atoms with van der Waals surface area (Å²) in [4.78, 5) is 9.06. The second-order valence-electron chi connectivity index (χ2n) is 6.07. The van der Waals surface area contributed by atoms with E-state index < -0.39 is 0 Å². The first-order valence-corrected chi connectivity index (χ1v) is 8.58. The van der Waals surface area contributed by atoms with E-state index in [1.807, 2.05) is 41.9 Å². The van der Waals surface area contributed by atoms with Crippen LogP contribution >= 0.6 is 0 Å². The van der Waals surface area contributed by atoms with Crippen molar-refractivity contribution in [1.82, 2.24) is 14.5 Å². The number of pyridine rings is 1. The van der Waals surface area contributed by atoms with Crippen LogP contribution in [0.2, 0.25) is 0 Å². The van der Waals surface area contributed by atoms with Crippen molar-refractivity contribution in [3.05, 3.63) is 42.8 Å². The zero-order chi connectivity index (χ0) is 19.7. The first kappa shape index (κ1) is 17.7. The van der Waals surface area contributed by atoms with Gasteiger partial charge in [-0.1, -0.05) is 0 Å². The average molecular weight is 380 g/mol. The molecule has 0 bridgehead atoms. The number of nitrogens with one attached hydrogen (secondary N) is 1. The molecule has 0 aliphatic carbocycles. The van der Waals surface area contributed by atoms with Gasteiger partial charge in [0.15, 0.2) is 23.1 Å². The molecule has 4 aromatic rings. The molecule has 0 radical (unpaired) electrons. The van der Waals surface area contributed by atoms with Crippen LogP contribution in [0, 0.1) is 0 Å². The summed E-state index contributed by atoms with van der Waals surface area (Å²) in [7, 11) is 6.67. The van der Waals surface area contributed by atoms with E-state index >= 15 is 0 Å². The van der Waals surface area contributed by atoms with Crippen molar-refractivity contribution in [2.45, 2.75) is 0 Å². The zero-order valence-electron chi connectivity index (χ0n) is 16.0. The van der Waals surface area contributed by atoms with Crippen molar-refractivity contribution in [3.63, 3.8) is 0 Å². The molecule has 4 rings (SSSR count). The lowest BCUT2D eigenvalue weighted by molar-refractivity contribution is 0.324. The molecule has 0 spiro atoms. The van der Waals surface area contributed by atoms with Crippen LogP contribution in [0.5, 0.6) is 17.2 Å². The maximum Gasteiger partial charge on any atom is 0.203 e. The van der Waals surface area contributed by atoms with Gasteiger partial charge in [-0.3, -0.25) is 0 Å². The molecule has 0 amide bonds. The quantitative estimate of drug-likeness (QED) is 0.541. The predicted molar refractivity (Wildman–Crippen MR) is 106 cm³/mol. The maximum absolute atomic E-state index is 5.47. The standard InChI is InChI=1S/C20H20N4O4/c1-24-14-10-18(21-11-13(14)23-20(24)15-6-5-7-28-15)22-12-8-16(25-2)19(27-4)17(9-12)26-3/h5-11H,1-4H3,(H,21,22). The highest BCUT2D eigenvalue weighted by Gasteiger charge is 2.15. The molecule has 144 valence electrons. The third-order valence-electron chi connectivity index (χ3n) is 4.45. The van der Waals surface area contributed by atoms with Crippen molar-refractivity contribution in [2.75, 3.05) is 26.6 Å². The maximum atomic E-state index is 5.47. The predicted octanol–water partition coefficient (Wildman–Crippen LogP) is 4.00. The fourth-order valence-corrected chi connectivity index (χ4v) is 3.09. The van der Waals surface area contributed by atoms with Crippen LogP contribution in [0.25, 0.3) is 22.6 Å². The van der Waals surface area contributed by atoms with Gasteiger partial charge < -0.3 is 28.5 Å². The number of ether oxygens (including phenoxy) is 3. The summed E-state index contributed by atoms with van der Waals surface area (Å²) in [5.41, 5.74) is 2.47. The molecule has 28 heavy (non-hydrogen) atoms. The van der Waals surface area contributed by atoms with Gasteiger partial charge in [-0.2, -0.15) is 0 Å². The van der Waals surface area contributed by atoms with Crippen molar-refractivity contribution in [3.8, 4) is 28.8 Å². The van der Waals surface area contributed by atoms with E-state index in [1.165, 1.54) is 0 Å². The summed E-state index contributed by atoms with van der Waals surface area (Å²) >= 11 is 0. The second-order valence-corrected chi connectivity index (χ2v) is 6.07. The number of rotatable bonds is 6. The molecule has 0 atom stereocenters. The molecular weight excluding hydrogens is 360 g/mol. The Morgan fingerprint density at radius 1 is 1.04 bits per heavy atom. The van der Waals surface area contributed by atoms with E-state index in [9.17, 15) is 0 Å². The van der Waals surface area contributed by atoms with Gasteiger partial charge in [-0.15, -0.1) is 0 Å². The average Bonchev–Trinajstić information content (AvgIpc) is 3.35. The largest absolute Gasteiger partial charge is 0.493 e. The van der Waals surface area contributed by atoms with Gasteiger partial charge in [0, 0.05) is 30.9 Å². The second kappa shape index (κ2) is 7.15.